The maximum absolute atomic E-state index is 12.1. The van der Waals surface area contributed by atoms with E-state index in [0.29, 0.717) is 13.2 Å². The van der Waals surface area contributed by atoms with Gasteiger partial charge in [0.1, 0.15) is 0 Å². The van der Waals surface area contributed by atoms with Gasteiger partial charge in [0, 0.05) is 11.5 Å². The van der Waals surface area contributed by atoms with Crippen LogP contribution in [-0.2, 0) is 9.53 Å². The minimum atomic E-state index is -0.307. The Morgan fingerprint density at radius 1 is 1.47 bits per heavy atom. The largest absolute Gasteiger partial charge is 0.394 e. The number of ether oxygens (including phenoxy) is 1. The van der Waals surface area contributed by atoms with E-state index >= 15 is 0 Å². The number of amides is 1. The van der Waals surface area contributed by atoms with E-state index in [9.17, 15) is 4.79 Å². The molecule has 0 saturated carbocycles. The van der Waals surface area contributed by atoms with Gasteiger partial charge in [-0.1, -0.05) is 24.1 Å². The van der Waals surface area contributed by atoms with Gasteiger partial charge in [0.25, 0.3) is 5.91 Å². The molecule has 19 heavy (non-hydrogen) atoms. The Hall–Kier alpha value is -1.83. The Kier molecular flexibility index (Phi) is 4.56. The molecule has 2 rings (SSSR count). The summed E-state index contributed by atoms with van der Waals surface area (Å²) < 4.78 is 5.39. The van der Waals surface area contributed by atoms with Gasteiger partial charge in [0.05, 0.1) is 31.9 Å². The lowest BCUT2D eigenvalue weighted by Gasteiger charge is -2.36. The van der Waals surface area contributed by atoms with E-state index in [1.807, 2.05) is 37.3 Å². The van der Waals surface area contributed by atoms with E-state index in [1.54, 1.807) is 4.90 Å². The van der Waals surface area contributed by atoms with Crippen molar-refractivity contribution in [3.05, 3.63) is 35.9 Å². The average molecular weight is 259 g/mol. The average Bonchev–Trinajstić information content (AvgIpc) is 2.46. The highest BCUT2D eigenvalue weighted by Gasteiger charge is 2.28. The molecule has 100 valence electrons. The summed E-state index contributed by atoms with van der Waals surface area (Å²) in [5.74, 6) is 5.27. The van der Waals surface area contributed by atoms with E-state index in [0.717, 1.165) is 5.56 Å². The third kappa shape index (κ3) is 3.57. The predicted molar refractivity (Wildman–Crippen MR) is 71.3 cm³/mol. The summed E-state index contributed by atoms with van der Waals surface area (Å²) >= 11 is 0. The Balaban J connectivity index is 2.05. The summed E-state index contributed by atoms with van der Waals surface area (Å²) in [6, 6.07) is 9.38. The van der Waals surface area contributed by atoms with Crippen molar-refractivity contribution in [3.8, 4) is 11.8 Å². The van der Waals surface area contributed by atoms with Crippen molar-refractivity contribution in [2.45, 2.75) is 19.1 Å². The highest BCUT2D eigenvalue weighted by Crippen LogP contribution is 2.11. The fourth-order valence-corrected chi connectivity index (χ4v) is 1.93. The molecule has 0 bridgehead atoms. The van der Waals surface area contributed by atoms with Crippen LogP contribution in [0.15, 0.2) is 30.3 Å². The number of aliphatic hydroxyl groups excluding tert-OH is 1. The second-order valence-electron chi connectivity index (χ2n) is 4.56. The van der Waals surface area contributed by atoms with Gasteiger partial charge >= 0.3 is 0 Å². The summed E-state index contributed by atoms with van der Waals surface area (Å²) in [5.41, 5.74) is 0.815. The zero-order chi connectivity index (χ0) is 13.7. The maximum atomic E-state index is 12.1. The molecule has 1 saturated heterocycles. The van der Waals surface area contributed by atoms with E-state index < -0.39 is 0 Å². The number of aliphatic hydroxyl groups is 1. The number of hydrogen-bond donors (Lipinski definition) is 1. The molecule has 1 N–H and O–H groups in total. The first kappa shape index (κ1) is 13.6. The Labute approximate surface area is 113 Å². The smallest absolute Gasteiger partial charge is 0.299 e. The maximum Gasteiger partial charge on any atom is 0.299 e. The topological polar surface area (TPSA) is 49.8 Å². The van der Waals surface area contributed by atoms with E-state index in [-0.39, 0.29) is 24.7 Å². The quantitative estimate of drug-likeness (QED) is 0.753. The molecule has 1 aliphatic rings. The van der Waals surface area contributed by atoms with Crippen molar-refractivity contribution >= 4 is 5.91 Å². The lowest BCUT2D eigenvalue weighted by molar-refractivity contribution is -0.140. The van der Waals surface area contributed by atoms with Gasteiger partial charge in [-0.15, -0.1) is 0 Å². The van der Waals surface area contributed by atoms with Crippen molar-refractivity contribution in [2.24, 2.45) is 0 Å². The molecule has 1 aromatic carbocycles. The molecule has 4 heteroatoms. The van der Waals surface area contributed by atoms with Crippen molar-refractivity contribution < 1.29 is 14.6 Å². The molecule has 1 aromatic rings. The number of carbonyl (C=O) groups is 1. The number of hydrogen-bond acceptors (Lipinski definition) is 3. The van der Waals surface area contributed by atoms with Crippen molar-refractivity contribution in [1.82, 2.24) is 4.90 Å². The summed E-state index contributed by atoms with van der Waals surface area (Å²) in [6.07, 6.45) is -0.307. The van der Waals surface area contributed by atoms with Crippen LogP contribution in [0.25, 0.3) is 0 Å². The summed E-state index contributed by atoms with van der Waals surface area (Å²) in [6.45, 7) is 2.66. The molecule has 1 amide bonds. The van der Waals surface area contributed by atoms with Crippen LogP contribution in [0.5, 0.6) is 0 Å². The van der Waals surface area contributed by atoms with Crippen LogP contribution in [0.4, 0.5) is 0 Å². The van der Waals surface area contributed by atoms with Crippen molar-refractivity contribution in [3.63, 3.8) is 0 Å². The van der Waals surface area contributed by atoms with E-state index in [1.165, 1.54) is 0 Å². The highest BCUT2D eigenvalue weighted by atomic mass is 16.5. The standard InChI is InChI=1S/C15H17NO3/c1-12-11-19-14(10-17)9-16(12)15(18)8-7-13-5-3-2-4-6-13/h2-6,12,14,17H,9-11H2,1H3. The van der Waals surface area contributed by atoms with Gasteiger partial charge in [-0.3, -0.25) is 4.79 Å². The fraction of sp³-hybridized carbons (Fsp3) is 0.400. The van der Waals surface area contributed by atoms with Gasteiger partial charge in [-0.2, -0.15) is 0 Å². The molecular weight excluding hydrogens is 242 g/mol. The van der Waals surface area contributed by atoms with Gasteiger partial charge in [0.2, 0.25) is 0 Å². The second kappa shape index (κ2) is 6.37. The molecule has 1 heterocycles. The lowest BCUT2D eigenvalue weighted by Crippen LogP contribution is -2.51. The molecule has 2 unspecified atom stereocenters. The first-order valence-electron chi connectivity index (χ1n) is 6.31. The normalized spacial score (nSPS) is 22.5. The van der Waals surface area contributed by atoms with Crippen LogP contribution in [0.1, 0.15) is 12.5 Å². The number of rotatable bonds is 1. The summed E-state index contributed by atoms with van der Waals surface area (Å²) in [5, 5.41) is 9.09. The van der Waals surface area contributed by atoms with Crippen LogP contribution in [0.2, 0.25) is 0 Å². The zero-order valence-electron chi connectivity index (χ0n) is 10.9. The Morgan fingerprint density at radius 3 is 2.89 bits per heavy atom. The molecule has 1 fully saturated rings. The molecule has 4 nitrogen and oxygen atoms in total. The fourth-order valence-electron chi connectivity index (χ4n) is 1.93. The minimum Gasteiger partial charge on any atom is -0.394 e. The predicted octanol–water partition coefficient (Wildman–Crippen LogP) is 0.646. The number of morpholine rings is 1. The van der Waals surface area contributed by atoms with Gasteiger partial charge in [-0.25, -0.2) is 0 Å². The molecule has 2 atom stereocenters. The van der Waals surface area contributed by atoms with E-state index in [4.69, 9.17) is 9.84 Å². The van der Waals surface area contributed by atoms with Crippen molar-refractivity contribution in [1.29, 1.82) is 0 Å². The first-order chi connectivity index (χ1) is 9.20. The molecule has 0 spiro atoms. The summed E-state index contributed by atoms with van der Waals surface area (Å²) in [4.78, 5) is 13.7. The third-order valence-electron chi connectivity index (χ3n) is 3.06. The van der Waals surface area contributed by atoms with Crippen LogP contribution < -0.4 is 0 Å². The molecular formula is C15H17NO3. The third-order valence-corrected chi connectivity index (χ3v) is 3.06. The SMILES string of the molecule is CC1COC(CO)CN1C(=O)C#Cc1ccccc1. The van der Waals surface area contributed by atoms with E-state index in [2.05, 4.69) is 11.8 Å². The molecule has 0 aliphatic carbocycles. The van der Waals surface area contributed by atoms with Crippen LogP contribution in [0.3, 0.4) is 0 Å². The minimum absolute atomic E-state index is 0.0135. The lowest BCUT2D eigenvalue weighted by atomic mass is 10.2. The Morgan fingerprint density at radius 2 is 2.21 bits per heavy atom. The Bertz CT molecular complexity index is 489. The van der Waals surface area contributed by atoms with Gasteiger partial charge in [0.15, 0.2) is 0 Å². The number of nitrogens with zero attached hydrogens (tertiary/aromatic N) is 1. The molecule has 0 radical (unpaired) electrons. The van der Waals surface area contributed by atoms with Crippen LogP contribution >= 0.6 is 0 Å². The monoisotopic (exact) mass is 259 g/mol. The van der Waals surface area contributed by atoms with Crippen LogP contribution in [-0.4, -0.2) is 47.8 Å². The molecule has 1 aliphatic heterocycles. The van der Waals surface area contributed by atoms with Crippen molar-refractivity contribution in [2.75, 3.05) is 19.8 Å². The first-order valence-corrected chi connectivity index (χ1v) is 6.31. The zero-order valence-corrected chi connectivity index (χ0v) is 10.9. The highest BCUT2D eigenvalue weighted by molar-refractivity contribution is 5.94. The summed E-state index contributed by atoms with van der Waals surface area (Å²) in [7, 11) is 0. The number of benzene rings is 1. The number of carbonyl (C=O) groups excluding carboxylic acids is 1. The molecule has 0 aromatic heterocycles. The van der Waals surface area contributed by atoms with Gasteiger partial charge in [-0.05, 0) is 19.1 Å². The van der Waals surface area contributed by atoms with Gasteiger partial charge < -0.3 is 14.7 Å². The second-order valence-corrected chi connectivity index (χ2v) is 4.56. The van der Waals surface area contributed by atoms with Crippen LogP contribution in [0, 0.1) is 11.8 Å².